The van der Waals surface area contributed by atoms with Gasteiger partial charge in [-0.2, -0.15) is 4.98 Å². The molecular weight excluding hydrogens is 444 g/mol. The van der Waals surface area contributed by atoms with E-state index in [2.05, 4.69) is 64.6 Å². The van der Waals surface area contributed by atoms with Gasteiger partial charge in [0.2, 0.25) is 17.8 Å². The lowest BCUT2D eigenvalue weighted by molar-refractivity contribution is -0.116. The predicted molar refractivity (Wildman–Crippen MR) is 122 cm³/mol. The van der Waals surface area contributed by atoms with Gasteiger partial charge in [-0.25, -0.2) is 9.97 Å². The summed E-state index contributed by atoms with van der Waals surface area (Å²) in [4.78, 5) is 27.2. The van der Waals surface area contributed by atoms with E-state index in [1.165, 1.54) is 17.5 Å². The maximum Gasteiger partial charge on any atom is 0.232 e. The first-order valence-electron chi connectivity index (χ1n) is 9.99. The van der Waals surface area contributed by atoms with Gasteiger partial charge in [0.15, 0.2) is 0 Å². The minimum atomic E-state index is 0.00880. The van der Waals surface area contributed by atoms with Crippen molar-refractivity contribution in [2.24, 2.45) is 0 Å². The van der Waals surface area contributed by atoms with Gasteiger partial charge >= 0.3 is 0 Å². The van der Waals surface area contributed by atoms with Crippen LogP contribution in [0.15, 0.2) is 53.3 Å². The van der Waals surface area contributed by atoms with Crippen LogP contribution in [0.4, 0.5) is 23.3 Å². The summed E-state index contributed by atoms with van der Waals surface area (Å²) in [5, 5.41) is 6.11. The number of amides is 1. The summed E-state index contributed by atoms with van der Waals surface area (Å²) < 4.78 is 1.11. The van der Waals surface area contributed by atoms with Crippen molar-refractivity contribution >= 4 is 45.1 Å². The minimum Gasteiger partial charge on any atom is -0.336 e. The van der Waals surface area contributed by atoms with Crippen molar-refractivity contribution in [1.29, 1.82) is 0 Å². The normalized spacial score (nSPS) is 12.9. The molecule has 30 heavy (non-hydrogen) atoms. The molecule has 154 valence electrons. The van der Waals surface area contributed by atoms with Gasteiger partial charge in [-0.05, 0) is 54.3 Å². The lowest BCUT2D eigenvalue weighted by Crippen LogP contribution is -2.32. The Morgan fingerprint density at radius 3 is 2.87 bits per heavy atom. The second-order valence-electron chi connectivity index (χ2n) is 7.20. The predicted octanol–water partition coefficient (Wildman–Crippen LogP) is 4.68. The molecule has 3 aromatic rings. The van der Waals surface area contributed by atoms with Crippen molar-refractivity contribution in [3.8, 4) is 0 Å². The SMILES string of the molecule is CCCC(=O)Nc1cccc(Nc2ncnc(N3CCc4cc(Br)ccc4C3)n2)c1. The van der Waals surface area contributed by atoms with Crippen LogP contribution in [0.1, 0.15) is 30.9 Å². The quantitative estimate of drug-likeness (QED) is 0.548. The zero-order valence-electron chi connectivity index (χ0n) is 16.7. The Kier molecular flexibility index (Phi) is 6.23. The summed E-state index contributed by atoms with van der Waals surface area (Å²) >= 11 is 3.54. The number of nitrogens with one attached hydrogen (secondary N) is 2. The van der Waals surface area contributed by atoms with E-state index in [9.17, 15) is 4.79 Å². The smallest absolute Gasteiger partial charge is 0.232 e. The molecule has 0 unspecified atom stereocenters. The highest BCUT2D eigenvalue weighted by Gasteiger charge is 2.19. The zero-order valence-corrected chi connectivity index (χ0v) is 18.3. The van der Waals surface area contributed by atoms with E-state index in [1.54, 1.807) is 0 Å². The number of halogens is 1. The number of carbonyl (C=O) groups is 1. The summed E-state index contributed by atoms with van der Waals surface area (Å²) in [6.45, 7) is 3.60. The third-order valence-electron chi connectivity index (χ3n) is 4.90. The molecule has 4 rings (SSSR count). The number of carbonyl (C=O) groups excluding carboxylic acids is 1. The number of rotatable bonds is 6. The Balaban J connectivity index is 1.47. The van der Waals surface area contributed by atoms with Gasteiger partial charge in [-0.15, -0.1) is 0 Å². The molecule has 2 heterocycles. The van der Waals surface area contributed by atoms with Gasteiger partial charge in [-0.1, -0.05) is 35.0 Å². The standard InChI is InChI=1S/C22H23BrN6O/c1-2-4-20(30)26-18-5-3-6-19(12-18)27-21-24-14-25-22(28-21)29-10-9-15-11-17(23)8-7-16(15)13-29/h3,5-8,11-12,14H,2,4,9-10,13H2,1H3,(H,26,30)(H,24,25,27,28). The van der Waals surface area contributed by atoms with Crippen LogP contribution >= 0.6 is 15.9 Å². The van der Waals surface area contributed by atoms with E-state index in [0.29, 0.717) is 18.3 Å². The largest absolute Gasteiger partial charge is 0.336 e. The molecule has 0 saturated heterocycles. The summed E-state index contributed by atoms with van der Waals surface area (Å²) in [6.07, 6.45) is 3.79. The fourth-order valence-electron chi connectivity index (χ4n) is 3.45. The molecule has 0 bridgehead atoms. The molecule has 7 nitrogen and oxygen atoms in total. The topological polar surface area (TPSA) is 83.0 Å². The van der Waals surface area contributed by atoms with Crippen LogP contribution in [-0.4, -0.2) is 27.4 Å². The number of fused-ring (bicyclic) bond motifs is 1. The van der Waals surface area contributed by atoms with Crippen molar-refractivity contribution in [3.05, 3.63) is 64.4 Å². The number of nitrogens with zero attached hydrogens (tertiary/aromatic N) is 4. The number of benzene rings is 2. The van der Waals surface area contributed by atoms with Crippen LogP contribution in [0.25, 0.3) is 0 Å². The second-order valence-corrected chi connectivity index (χ2v) is 8.11. The van der Waals surface area contributed by atoms with Crippen molar-refractivity contribution in [3.63, 3.8) is 0 Å². The van der Waals surface area contributed by atoms with Gasteiger partial charge in [-0.3, -0.25) is 4.79 Å². The highest BCUT2D eigenvalue weighted by molar-refractivity contribution is 9.10. The van der Waals surface area contributed by atoms with Crippen LogP contribution in [0.5, 0.6) is 0 Å². The average molecular weight is 467 g/mol. The molecule has 0 fully saturated rings. The molecule has 2 aromatic carbocycles. The molecule has 1 aromatic heterocycles. The van der Waals surface area contributed by atoms with E-state index in [4.69, 9.17) is 0 Å². The first-order valence-corrected chi connectivity index (χ1v) is 10.8. The molecule has 8 heteroatoms. The highest BCUT2D eigenvalue weighted by Crippen LogP contribution is 2.25. The molecule has 0 radical (unpaired) electrons. The number of hydrogen-bond donors (Lipinski definition) is 2. The Hall–Kier alpha value is -3.00. The summed E-state index contributed by atoms with van der Waals surface area (Å²) in [5.41, 5.74) is 4.19. The van der Waals surface area contributed by atoms with Crippen molar-refractivity contribution in [1.82, 2.24) is 15.0 Å². The van der Waals surface area contributed by atoms with Gasteiger partial charge in [0.25, 0.3) is 0 Å². The lowest BCUT2D eigenvalue weighted by atomic mass is 10.0. The Morgan fingerprint density at radius 1 is 1.13 bits per heavy atom. The van der Waals surface area contributed by atoms with E-state index >= 15 is 0 Å². The molecule has 0 spiro atoms. The Labute approximate surface area is 184 Å². The maximum absolute atomic E-state index is 11.8. The van der Waals surface area contributed by atoms with Crippen LogP contribution in [-0.2, 0) is 17.8 Å². The number of aromatic nitrogens is 3. The minimum absolute atomic E-state index is 0.00880. The van der Waals surface area contributed by atoms with Crippen LogP contribution in [0.3, 0.4) is 0 Å². The average Bonchev–Trinajstić information content (AvgIpc) is 2.74. The maximum atomic E-state index is 11.8. The molecule has 1 amide bonds. The fourth-order valence-corrected chi connectivity index (χ4v) is 3.86. The van der Waals surface area contributed by atoms with Gasteiger partial charge in [0.1, 0.15) is 6.33 Å². The van der Waals surface area contributed by atoms with E-state index in [0.717, 1.165) is 41.8 Å². The highest BCUT2D eigenvalue weighted by atomic mass is 79.9. The lowest BCUT2D eigenvalue weighted by Gasteiger charge is -2.29. The van der Waals surface area contributed by atoms with E-state index in [-0.39, 0.29) is 5.91 Å². The zero-order chi connectivity index (χ0) is 20.9. The molecular formula is C22H23BrN6O. The summed E-state index contributed by atoms with van der Waals surface area (Å²) in [6, 6.07) is 13.9. The molecule has 0 atom stereocenters. The Morgan fingerprint density at radius 2 is 2.00 bits per heavy atom. The summed E-state index contributed by atoms with van der Waals surface area (Å²) in [7, 11) is 0. The monoisotopic (exact) mass is 466 g/mol. The number of hydrogen-bond acceptors (Lipinski definition) is 6. The van der Waals surface area contributed by atoms with Gasteiger partial charge in [0.05, 0.1) is 0 Å². The molecule has 0 saturated carbocycles. The van der Waals surface area contributed by atoms with Crippen molar-refractivity contribution < 1.29 is 4.79 Å². The van der Waals surface area contributed by atoms with Gasteiger partial charge in [0, 0.05) is 35.4 Å². The molecule has 0 aliphatic carbocycles. The fraction of sp³-hybridized carbons (Fsp3) is 0.273. The molecule has 1 aliphatic heterocycles. The molecule has 2 N–H and O–H groups in total. The Bertz CT molecular complexity index is 1060. The first-order chi connectivity index (χ1) is 14.6. The van der Waals surface area contributed by atoms with Crippen LogP contribution in [0, 0.1) is 0 Å². The van der Waals surface area contributed by atoms with Crippen LogP contribution < -0.4 is 15.5 Å². The summed E-state index contributed by atoms with van der Waals surface area (Å²) in [5.74, 6) is 1.13. The van der Waals surface area contributed by atoms with E-state index < -0.39 is 0 Å². The third kappa shape index (κ3) is 4.94. The number of anilines is 4. The van der Waals surface area contributed by atoms with E-state index in [1.807, 2.05) is 31.2 Å². The molecule has 1 aliphatic rings. The van der Waals surface area contributed by atoms with Crippen molar-refractivity contribution in [2.75, 3.05) is 22.1 Å². The van der Waals surface area contributed by atoms with Gasteiger partial charge < -0.3 is 15.5 Å². The third-order valence-corrected chi connectivity index (χ3v) is 5.40. The van der Waals surface area contributed by atoms with Crippen LogP contribution in [0.2, 0.25) is 0 Å². The van der Waals surface area contributed by atoms with Crippen molar-refractivity contribution in [2.45, 2.75) is 32.7 Å². The second kappa shape index (κ2) is 9.21. The first kappa shape index (κ1) is 20.3.